The number of rotatable bonds is 4. The first-order chi connectivity index (χ1) is 13.2. The van der Waals surface area contributed by atoms with E-state index in [0.29, 0.717) is 16.2 Å². The van der Waals surface area contributed by atoms with Crippen LogP contribution in [0.15, 0.2) is 84.9 Å². The number of fused-ring (bicyclic) bond motifs is 1. The third-order valence-electron chi connectivity index (χ3n) is 4.08. The molecule has 6 heteroatoms. The molecule has 0 spiro atoms. The van der Waals surface area contributed by atoms with Crippen molar-refractivity contribution in [2.75, 3.05) is 5.32 Å². The van der Waals surface area contributed by atoms with Gasteiger partial charge in [-0.3, -0.25) is 0 Å². The maximum Gasteiger partial charge on any atom is 0.151 e. The number of benzene rings is 3. The summed E-state index contributed by atoms with van der Waals surface area (Å²) >= 11 is 5.63. The molecule has 0 aliphatic rings. The molecule has 0 fully saturated rings. The maximum atomic E-state index is 11.0. The van der Waals surface area contributed by atoms with Crippen LogP contribution >= 0.6 is 12.2 Å². The van der Waals surface area contributed by atoms with Crippen molar-refractivity contribution in [2.24, 2.45) is 0 Å². The van der Waals surface area contributed by atoms with E-state index in [1.54, 1.807) is 4.68 Å². The van der Waals surface area contributed by atoms with Crippen LogP contribution in [0.5, 0.6) is 0 Å². The third kappa shape index (κ3) is 3.43. The van der Waals surface area contributed by atoms with Gasteiger partial charge in [-0.2, -0.15) is 0 Å². The van der Waals surface area contributed by atoms with Crippen molar-refractivity contribution in [3.63, 3.8) is 0 Å². The van der Waals surface area contributed by atoms with Crippen molar-refractivity contribution in [3.8, 4) is 0 Å². The lowest BCUT2D eigenvalue weighted by Gasteiger charge is -2.15. The van der Waals surface area contributed by atoms with Gasteiger partial charge in [0.2, 0.25) is 0 Å². The van der Waals surface area contributed by atoms with Crippen molar-refractivity contribution >= 4 is 45.4 Å². The van der Waals surface area contributed by atoms with Crippen LogP contribution in [-0.4, -0.2) is 25.1 Å². The van der Waals surface area contributed by atoms with Crippen LogP contribution < -0.4 is 5.32 Å². The molecule has 132 valence electrons. The Morgan fingerprint density at radius 2 is 1.48 bits per heavy atom. The van der Waals surface area contributed by atoms with Gasteiger partial charge in [0.25, 0.3) is 0 Å². The second-order valence-corrected chi connectivity index (χ2v) is 6.28. The molecular formula is C21H16N4OS. The SMILES string of the molecule is O/C(=C(\C(=S)Nc1ccccc1)n1nnc2ccccc21)c1ccccc1. The molecule has 0 saturated heterocycles. The van der Waals surface area contributed by atoms with Crippen LogP contribution in [0.1, 0.15) is 5.56 Å². The Labute approximate surface area is 161 Å². The quantitative estimate of drug-likeness (QED) is 0.307. The number of hydrogen-bond acceptors (Lipinski definition) is 4. The van der Waals surface area contributed by atoms with Gasteiger partial charge in [0.1, 0.15) is 16.2 Å². The molecule has 0 unspecified atom stereocenters. The zero-order valence-electron chi connectivity index (χ0n) is 14.3. The van der Waals surface area contributed by atoms with Crippen LogP contribution in [0.25, 0.3) is 22.5 Å². The fourth-order valence-electron chi connectivity index (χ4n) is 2.78. The first-order valence-electron chi connectivity index (χ1n) is 8.40. The largest absolute Gasteiger partial charge is 0.505 e. The Hall–Kier alpha value is -3.51. The number of aromatic nitrogens is 3. The minimum atomic E-state index is 0.0275. The molecule has 0 saturated carbocycles. The number of anilines is 1. The summed E-state index contributed by atoms with van der Waals surface area (Å²) in [6.45, 7) is 0. The van der Waals surface area contributed by atoms with E-state index < -0.39 is 0 Å². The van der Waals surface area contributed by atoms with Crippen molar-refractivity contribution in [1.82, 2.24) is 15.0 Å². The number of nitrogens with one attached hydrogen (secondary N) is 1. The fourth-order valence-corrected chi connectivity index (χ4v) is 3.08. The first-order valence-corrected chi connectivity index (χ1v) is 8.81. The Morgan fingerprint density at radius 1 is 0.852 bits per heavy atom. The molecule has 0 radical (unpaired) electrons. The van der Waals surface area contributed by atoms with E-state index in [0.717, 1.165) is 16.7 Å². The van der Waals surface area contributed by atoms with Gasteiger partial charge in [-0.05, 0) is 24.3 Å². The van der Waals surface area contributed by atoms with E-state index >= 15 is 0 Å². The normalized spacial score (nSPS) is 11.9. The molecule has 4 aromatic rings. The van der Waals surface area contributed by atoms with Gasteiger partial charge in [-0.25, -0.2) is 4.68 Å². The van der Waals surface area contributed by atoms with Crippen LogP contribution in [0, 0.1) is 0 Å². The topological polar surface area (TPSA) is 63.0 Å². The van der Waals surface area contributed by atoms with Crippen molar-refractivity contribution < 1.29 is 5.11 Å². The molecule has 0 aliphatic carbocycles. The molecule has 1 aromatic heterocycles. The minimum absolute atomic E-state index is 0.0275. The van der Waals surface area contributed by atoms with Crippen LogP contribution in [0.4, 0.5) is 5.69 Å². The van der Waals surface area contributed by atoms with Crippen LogP contribution in [0.2, 0.25) is 0 Å². The number of nitrogens with zero attached hydrogens (tertiary/aromatic N) is 3. The lowest BCUT2D eigenvalue weighted by atomic mass is 10.1. The van der Waals surface area contributed by atoms with Crippen LogP contribution in [-0.2, 0) is 0 Å². The van der Waals surface area contributed by atoms with Crippen molar-refractivity contribution in [3.05, 3.63) is 90.5 Å². The Balaban J connectivity index is 1.86. The Bertz CT molecular complexity index is 1120. The lowest BCUT2D eigenvalue weighted by Crippen LogP contribution is -2.18. The summed E-state index contributed by atoms with van der Waals surface area (Å²) in [6, 6.07) is 26.3. The fraction of sp³-hybridized carbons (Fsp3) is 0. The average Bonchev–Trinajstić information content (AvgIpc) is 3.13. The predicted molar refractivity (Wildman–Crippen MR) is 112 cm³/mol. The van der Waals surface area contributed by atoms with Gasteiger partial charge in [-0.15, -0.1) is 5.10 Å². The summed E-state index contributed by atoms with van der Waals surface area (Å²) in [6.07, 6.45) is 0. The summed E-state index contributed by atoms with van der Waals surface area (Å²) in [4.78, 5) is 0.346. The Kier molecular flexibility index (Phi) is 4.63. The summed E-state index contributed by atoms with van der Waals surface area (Å²) in [5.74, 6) is 0.0275. The zero-order valence-corrected chi connectivity index (χ0v) is 15.1. The highest BCUT2D eigenvalue weighted by atomic mass is 32.1. The van der Waals surface area contributed by atoms with Gasteiger partial charge < -0.3 is 10.4 Å². The Morgan fingerprint density at radius 3 is 2.22 bits per heavy atom. The van der Waals surface area contributed by atoms with E-state index in [9.17, 15) is 5.11 Å². The van der Waals surface area contributed by atoms with E-state index in [2.05, 4.69) is 15.6 Å². The summed E-state index contributed by atoms with van der Waals surface area (Å²) in [5, 5.41) is 22.6. The molecule has 5 nitrogen and oxygen atoms in total. The smallest absolute Gasteiger partial charge is 0.151 e. The third-order valence-corrected chi connectivity index (χ3v) is 4.38. The van der Waals surface area contributed by atoms with Gasteiger partial charge in [-0.1, -0.05) is 78.1 Å². The van der Waals surface area contributed by atoms with Crippen LogP contribution in [0.3, 0.4) is 0 Å². The highest BCUT2D eigenvalue weighted by Crippen LogP contribution is 2.25. The van der Waals surface area contributed by atoms with Gasteiger partial charge in [0, 0.05) is 11.3 Å². The standard InChI is InChI=1S/C21H16N4OS/c26-20(15-9-3-1-4-10-15)19(21(27)22-16-11-5-2-6-12-16)25-18-14-8-7-13-17(18)23-24-25/h1-14,26H,(H,22,27)/b20-19+. The zero-order chi connectivity index (χ0) is 18.6. The van der Waals surface area contributed by atoms with E-state index in [4.69, 9.17) is 12.2 Å². The van der Waals surface area contributed by atoms with Gasteiger partial charge in [0.15, 0.2) is 5.76 Å². The van der Waals surface area contributed by atoms with E-state index in [1.807, 2.05) is 84.9 Å². The van der Waals surface area contributed by atoms with Gasteiger partial charge in [0.05, 0.1) is 5.52 Å². The van der Waals surface area contributed by atoms with Crippen molar-refractivity contribution in [2.45, 2.75) is 0 Å². The van der Waals surface area contributed by atoms with Crippen molar-refractivity contribution in [1.29, 1.82) is 0 Å². The minimum Gasteiger partial charge on any atom is -0.505 e. The molecule has 0 atom stereocenters. The first kappa shape index (κ1) is 16.9. The molecule has 27 heavy (non-hydrogen) atoms. The summed E-state index contributed by atoms with van der Waals surface area (Å²) < 4.78 is 1.57. The highest BCUT2D eigenvalue weighted by Gasteiger charge is 2.19. The predicted octanol–water partition coefficient (Wildman–Crippen LogP) is 4.75. The number of hydrogen-bond donors (Lipinski definition) is 2. The monoisotopic (exact) mass is 372 g/mol. The van der Waals surface area contributed by atoms with E-state index in [1.165, 1.54) is 0 Å². The second-order valence-electron chi connectivity index (χ2n) is 5.87. The number of thiocarbonyl (C=S) groups is 1. The molecule has 0 amide bonds. The second kappa shape index (κ2) is 7.39. The molecule has 0 aliphatic heterocycles. The molecule has 4 rings (SSSR count). The summed E-state index contributed by atoms with van der Waals surface area (Å²) in [5.41, 5.74) is 3.31. The molecular weight excluding hydrogens is 356 g/mol. The maximum absolute atomic E-state index is 11.0. The number of aliphatic hydroxyl groups excluding tert-OH is 1. The summed E-state index contributed by atoms with van der Waals surface area (Å²) in [7, 11) is 0. The number of para-hydroxylation sites is 2. The molecule has 2 N–H and O–H groups in total. The molecule has 1 heterocycles. The highest BCUT2D eigenvalue weighted by molar-refractivity contribution is 7.81. The van der Waals surface area contributed by atoms with Gasteiger partial charge >= 0.3 is 0 Å². The average molecular weight is 372 g/mol. The lowest BCUT2D eigenvalue weighted by molar-refractivity contribution is 0.511. The number of aliphatic hydroxyl groups is 1. The molecule has 3 aromatic carbocycles. The molecule has 0 bridgehead atoms. The van der Waals surface area contributed by atoms with E-state index in [-0.39, 0.29) is 5.76 Å².